The highest BCUT2D eigenvalue weighted by molar-refractivity contribution is 5.98. The molecule has 104 valence electrons. The molecule has 2 unspecified atom stereocenters. The molecule has 1 fully saturated rings. The number of amides is 1. The highest BCUT2D eigenvalue weighted by Crippen LogP contribution is 2.28. The first-order valence-electron chi connectivity index (χ1n) is 7.05. The van der Waals surface area contributed by atoms with Gasteiger partial charge in [0, 0.05) is 18.3 Å². The molecule has 1 aliphatic rings. The fraction of sp³-hybridized carbons (Fsp3) is 0.562. The van der Waals surface area contributed by atoms with Gasteiger partial charge in [-0.25, -0.2) is 0 Å². The third kappa shape index (κ3) is 2.81. The molecule has 1 aromatic rings. The van der Waals surface area contributed by atoms with Crippen LogP contribution in [0.25, 0.3) is 0 Å². The second-order valence-electron chi connectivity index (χ2n) is 5.82. The molecule has 2 rings (SSSR count). The minimum absolute atomic E-state index is 0.113. The van der Waals surface area contributed by atoms with Crippen molar-refractivity contribution in [2.24, 2.45) is 0 Å². The van der Waals surface area contributed by atoms with Gasteiger partial charge >= 0.3 is 0 Å². The highest BCUT2D eigenvalue weighted by atomic mass is 16.2. The van der Waals surface area contributed by atoms with Crippen LogP contribution in [0.3, 0.4) is 0 Å². The first-order chi connectivity index (χ1) is 8.90. The van der Waals surface area contributed by atoms with Gasteiger partial charge in [0.05, 0.1) is 6.04 Å². The van der Waals surface area contributed by atoms with Gasteiger partial charge in [-0.2, -0.15) is 0 Å². The Bertz CT molecular complexity index is 473. The average Bonchev–Trinajstić information content (AvgIpc) is 2.41. The number of anilines is 1. The van der Waals surface area contributed by atoms with E-state index < -0.39 is 0 Å². The lowest BCUT2D eigenvalue weighted by molar-refractivity contribution is -0.119. The Labute approximate surface area is 116 Å². The van der Waals surface area contributed by atoms with Crippen LogP contribution in [0, 0.1) is 20.8 Å². The summed E-state index contributed by atoms with van der Waals surface area (Å²) in [5.41, 5.74) is 4.72. The maximum atomic E-state index is 12.5. The molecule has 1 amide bonds. The fourth-order valence-electron chi connectivity index (χ4n) is 3.07. The van der Waals surface area contributed by atoms with Crippen molar-refractivity contribution in [3.05, 3.63) is 28.8 Å². The number of carbonyl (C=O) groups excluding carboxylic acids is 1. The summed E-state index contributed by atoms with van der Waals surface area (Å²) in [6.07, 6.45) is 0.989. The molecule has 1 N–H and O–H groups in total. The van der Waals surface area contributed by atoms with Crippen LogP contribution in [0.1, 0.15) is 37.0 Å². The zero-order chi connectivity index (χ0) is 14.2. The van der Waals surface area contributed by atoms with Crippen molar-refractivity contribution in [3.63, 3.8) is 0 Å². The van der Waals surface area contributed by atoms with E-state index in [-0.39, 0.29) is 11.9 Å². The molecule has 1 heterocycles. The van der Waals surface area contributed by atoms with E-state index in [1.54, 1.807) is 0 Å². The molecule has 3 nitrogen and oxygen atoms in total. The second-order valence-corrected chi connectivity index (χ2v) is 5.82. The normalized spacial score (nSPS) is 24.5. The molecule has 3 heteroatoms. The van der Waals surface area contributed by atoms with Gasteiger partial charge in [0.1, 0.15) is 0 Å². The molecule has 0 bridgehead atoms. The molecular formula is C16H24N2O. The van der Waals surface area contributed by atoms with Crippen LogP contribution in [0.15, 0.2) is 12.1 Å². The van der Waals surface area contributed by atoms with E-state index in [9.17, 15) is 4.79 Å². The van der Waals surface area contributed by atoms with Crippen molar-refractivity contribution >= 4 is 11.6 Å². The molecule has 0 radical (unpaired) electrons. The Hall–Kier alpha value is -1.35. The van der Waals surface area contributed by atoms with Crippen molar-refractivity contribution in [2.75, 3.05) is 11.4 Å². The summed E-state index contributed by atoms with van der Waals surface area (Å²) >= 11 is 0. The van der Waals surface area contributed by atoms with Crippen LogP contribution in [0.2, 0.25) is 0 Å². The average molecular weight is 260 g/mol. The van der Waals surface area contributed by atoms with Crippen LogP contribution in [0.5, 0.6) is 0 Å². The Morgan fingerprint density at radius 3 is 2.32 bits per heavy atom. The third-order valence-corrected chi connectivity index (χ3v) is 3.86. The van der Waals surface area contributed by atoms with Crippen molar-refractivity contribution in [2.45, 2.75) is 53.1 Å². The molecule has 2 atom stereocenters. The Balaban J connectivity index is 2.42. The largest absolute Gasteiger partial charge is 0.310 e. The summed E-state index contributed by atoms with van der Waals surface area (Å²) in [6, 6.07) is 4.58. The SMILES string of the molecule is Cc1cc(C)c(N2CCC(C)NC(C)C2=O)c(C)c1. The molecule has 0 aliphatic carbocycles. The van der Waals surface area contributed by atoms with Crippen LogP contribution in [-0.4, -0.2) is 24.5 Å². The van der Waals surface area contributed by atoms with Gasteiger partial charge in [-0.15, -0.1) is 0 Å². The lowest BCUT2D eigenvalue weighted by Crippen LogP contribution is -2.43. The van der Waals surface area contributed by atoms with Crippen LogP contribution >= 0.6 is 0 Å². The van der Waals surface area contributed by atoms with E-state index in [1.165, 1.54) is 16.7 Å². The number of carbonyl (C=O) groups is 1. The number of aryl methyl sites for hydroxylation is 3. The molecule has 1 aromatic carbocycles. The Morgan fingerprint density at radius 1 is 1.16 bits per heavy atom. The predicted molar refractivity (Wildman–Crippen MR) is 79.7 cm³/mol. The van der Waals surface area contributed by atoms with Gasteiger partial charge in [0.15, 0.2) is 0 Å². The van der Waals surface area contributed by atoms with Crippen molar-refractivity contribution < 1.29 is 4.79 Å². The number of rotatable bonds is 1. The molecule has 0 saturated carbocycles. The number of nitrogens with one attached hydrogen (secondary N) is 1. The van der Waals surface area contributed by atoms with Gasteiger partial charge in [-0.05, 0) is 52.2 Å². The lowest BCUT2D eigenvalue weighted by Gasteiger charge is -2.26. The first kappa shape index (κ1) is 14.1. The van der Waals surface area contributed by atoms with E-state index >= 15 is 0 Å². The Kier molecular flexibility index (Phi) is 3.95. The number of hydrogen-bond acceptors (Lipinski definition) is 2. The number of benzene rings is 1. The Morgan fingerprint density at radius 2 is 1.74 bits per heavy atom. The van der Waals surface area contributed by atoms with Gasteiger partial charge in [-0.1, -0.05) is 17.7 Å². The molecule has 0 spiro atoms. The summed E-state index contributed by atoms with van der Waals surface area (Å²) in [6.45, 7) is 11.2. The third-order valence-electron chi connectivity index (χ3n) is 3.86. The molecule has 1 aliphatic heterocycles. The van der Waals surface area contributed by atoms with E-state index in [0.717, 1.165) is 18.7 Å². The zero-order valence-corrected chi connectivity index (χ0v) is 12.6. The van der Waals surface area contributed by atoms with Crippen LogP contribution in [-0.2, 0) is 4.79 Å². The lowest BCUT2D eigenvalue weighted by atomic mass is 10.0. The fourth-order valence-corrected chi connectivity index (χ4v) is 3.07. The summed E-state index contributed by atoms with van der Waals surface area (Å²) in [5, 5.41) is 3.35. The molecule has 19 heavy (non-hydrogen) atoms. The standard InChI is InChI=1S/C16H24N2O/c1-10-8-11(2)15(12(3)9-10)18-7-6-13(4)17-14(5)16(18)19/h8-9,13-14,17H,6-7H2,1-5H3. The van der Waals surface area contributed by atoms with E-state index in [4.69, 9.17) is 0 Å². The van der Waals surface area contributed by atoms with Gasteiger partial charge in [0.2, 0.25) is 5.91 Å². The minimum atomic E-state index is -0.113. The quantitative estimate of drug-likeness (QED) is 0.842. The second kappa shape index (κ2) is 5.33. The van der Waals surface area contributed by atoms with Crippen LogP contribution in [0.4, 0.5) is 5.69 Å². The van der Waals surface area contributed by atoms with E-state index in [1.807, 2.05) is 11.8 Å². The summed E-state index contributed by atoms with van der Waals surface area (Å²) in [5.74, 6) is 0.180. The molecular weight excluding hydrogens is 236 g/mol. The van der Waals surface area contributed by atoms with Gasteiger partial charge in [0.25, 0.3) is 0 Å². The minimum Gasteiger partial charge on any atom is -0.310 e. The van der Waals surface area contributed by atoms with Crippen molar-refractivity contribution in [1.29, 1.82) is 0 Å². The maximum Gasteiger partial charge on any atom is 0.243 e. The van der Waals surface area contributed by atoms with E-state index in [2.05, 4.69) is 45.1 Å². The predicted octanol–water partition coefficient (Wildman–Crippen LogP) is 2.72. The summed E-state index contributed by atoms with van der Waals surface area (Å²) in [4.78, 5) is 14.5. The molecule has 0 aromatic heterocycles. The maximum absolute atomic E-state index is 12.5. The van der Waals surface area contributed by atoms with Gasteiger partial charge in [-0.3, -0.25) is 4.79 Å². The number of hydrogen-bond donors (Lipinski definition) is 1. The topological polar surface area (TPSA) is 32.3 Å². The van der Waals surface area contributed by atoms with Gasteiger partial charge < -0.3 is 10.2 Å². The highest BCUT2D eigenvalue weighted by Gasteiger charge is 2.28. The number of nitrogens with zero attached hydrogens (tertiary/aromatic N) is 1. The van der Waals surface area contributed by atoms with Crippen LogP contribution < -0.4 is 10.2 Å². The monoisotopic (exact) mass is 260 g/mol. The van der Waals surface area contributed by atoms with Crippen molar-refractivity contribution in [1.82, 2.24) is 5.32 Å². The van der Waals surface area contributed by atoms with E-state index in [0.29, 0.717) is 6.04 Å². The zero-order valence-electron chi connectivity index (χ0n) is 12.6. The summed E-state index contributed by atoms with van der Waals surface area (Å²) in [7, 11) is 0. The van der Waals surface area contributed by atoms with Crippen molar-refractivity contribution in [3.8, 4) is 0 Å². The first-order valence-corrected chi connectivity index (χ1v) is 7.05. The molecule has 1 saturated heterocycles. The smallest absolute Gasteiger partial charge is 0.243 e. The summed E-state index contributed by atoms with van der Waals surface area (Å²) < 4.78 is 0.